The first-order valence-electron chi connectivity index (χ1n) is 18.7. The van der Waals surface area contributed by atoms with Crippen LogP contribution in [0.25, 0.3) is 0 Å². The highest BCUT2D eigenvalue weighted by molar-refractivity contribution is 6.06. The molecule has 4 atom stereocenters. The molecule has 7 rings (SSSR count). The Morgan fingerprint density at radius 2 is 1.07 bits per heavy atom. The topological polar surface area (TPSA) is 307 Å². The Hall–Kier alpha value is -6.30. The minimum atomic E-state index is -1.74. The minimum Gasteiger partial charge on any atom is -0.867 e. The Morgan fingerprint density at radius 1 is 0.638 bits per heavy atom. The summed E-state index contributed by atoms with van der Waals surface area (Å²) in [6.45, 7) is 7.01. The molecule has 0 bridgehead atoms. The van der Waals surface area contributed by atoms with Gasteiger partial charge in [-0.1, -0.05) is 26.7 Å². The summed E-state index contributed by atoms with van der Waals surface area (Å²) in [6, 6.07) is 8.32. The smallest absolute Gasteiger partial charge is 0.203 e. The van der Waals surface area contributed by atoms with Crippen molar-refractivity contribution in [1.29, 1.82) is 0 Å². The predicted octanol–water partition coefficient (Wildman–Crippen LogP) is 2.71. The first-order chi connectivity index (χ1) is 27.6. The highest BCUT2D eigenvalue weighted by Crippen LogP contribution is 2.46. The molecule has 3 aliphatic heterocycles. The quantitative estimate of drug-likeness (QED) is 0.128. The van der Waals surface area contributed by atoms with Crippen LogP contribution in [0.15, 0.2) is 48.5 Å². The van der Waals surface area contributed by atoms with Crippen molar-refractivity contribution in [2.75, 3.05) is 19.7 Å². The molecule has 1 saturated heterocycles. The first-order valence-corrected chi connectivity index (χ1v) is 18.7. The first kappa shape index (κ1) is 42.8. The van der Waals surface area contributed by atoms with Crippen molar-refractivity contribution in [3.8, 4) is 69.0 Å². The van der Waals surface area contributed by atoms with Gasteiger partial charge in [-0.3, -0.25) is 9.59 Å². The van der Waals surface area contributed by atoms with Gasteiger partial charge in [-0.2, -0.15) is 0 Å². The van der Waals surface area contributed by atoms with E-state index in [-0.39, 0.29) is 57.8 Å². The number of piperidine rings is 1. The fourth-order valence-corrected chi connectivity index (χ4v) is 6.71. The summed E-state index contributed by atoms with van der Waals surface area (Å²) in [7, 11) is 0. The third-order valence-corrected chi connectivity index (χ3v) is 10.0. The molecule has 0 radical (unpaired) electrons. The molecule has 3 aliphatic rings. The molecule has 0 aliphatic carbocycles. The van der Waals surface area contributed by atoms with E-state index in [0.717, 1.165) is 55.3 Å². The van der Waals surface area contributed by atoms with Crippen LogP contribution in [0, 0.1) is 5.92 Å². The van der Waals surface area contributed by atoms with Crippen molar-refractivity contribution in [2.24, 2.45) is 5.92 Å². The van der Waals surface area contributed by atoms with E-state index in [1.165, 1.54) is 38.4 Å². The molecule has 4 aromatic rings. The van der Waals surface area contributed by atoms with Crippen LogP contribution >= 0.6 is 0 Å². The van der Waals surface area contributed by atoms with Crippen molar-refractivity contribution < 1.29 is 85.3 Å². The zero-order valence-corrected chi connectivity index (χ0v) is 31.6. The number of carbonyl (C=O) groups is 2. The fraction of sp³-hybridized carbons (Fsp3) is 0.366. The van der Waals surface area contributed by atoms with Gasteiger partial charge in [0.25, 0.3) is 0 Å². The summed E-state index contributed by atoms with van der Waals surface area (Å²) in [5, 5.41) is 113. The normalized spacial score (nSPS) is 19.7. The van der Waals surface area contributed by atoms with E-state index < -0.39 is 82.0 Å². The van der Waals surface area contributed by atoms with Crippen LogP contribution in [0.2, 0.25) is 0 Å². The van der Waals surface area contributed by atoms with Crippen LogP contribution in [-0.2, 0) is 4.74 Å². The lowest BCUT2D eigenvalue weighted by atomic mass is 9.92. The molecule has 11 N–H and O–H groups in total. The van der Waals surface area contributed by atoms with E-state index in [9.17, 15) is 65.8 Å². The Bertz CT molecular complexity index is 2070. The minimum absolute atomic E-state index is 0.0195. The monoisotopic (exact) mass is 808 g/mol. The van der Waals surface area contributed by atoms with Crippen LogP contribution in [0.4, 0.5) is 0 Å². The molecule has 17 heteroatoms. The number of benzene rings is 4. The largest absolute Gasteiger partial charge is 0.867 e. The standard InChI is InChI=1S/C21H24O8.C15H12O8.C5H11N/c1-3-10(4-2)9-28-21-19(27)17-13(23)7-12(22)8-16(17)29-20(21)11-5-14(24)18(26)15(25)6-11;16-6-3-7(17)11-10(4-6)23-15(14(22)13(11)21)5-1-8(18)12(20)9(19)2-5;1-2-4-6-5-3-1/h5-8,10,20-26H,3-4,9H2,1-2H3;1-4,14-20,22H;6H,1-5H2/p-1/t20-,21+;14-,15+;/m10./s1. The number of hydrogen-bond acceptors (Lipinski definition) is 16. The summed E-state index contributed by atoms with van der Waals surface area (Å²) in [5.41, 5.74) is -0.284. The average molecular weight is 809 g/mol. The van der Waals surface area contributed by atoms with Gasteiger partial charge in [0.15, 0.2) is 24.4 Å². The van der Waals surface area contributed by atoms with E-state index >= 15 is 0 Å². The van der Waals surface area contributed by atoms with E-state index in [0.29, 0.717) is 0 Å². The molecule has 3 heterocycles. The zero-order chi connectivity index (χ0) is 42.4. The number of rotatable bonds is 7. The Balaban J connectivity index is 0.000000196. The number of carbonyl (C=O) groups excluding carboxylic acids is 2. The number of ether oxygens (including phenoxy) is 3. The molecule has 0 amide bonds. The van der Waals surface area contributed by atoms with Gasteiger partial charge in [-0.15, -0.1) is 0 Å². The number of phenolic OH excluding ortho intramolecular Hbond substituents is 8. The van der Waals surface area contributed by atoms with Gasteiger partial charge < -0.3 is 75.7 Å². The van der Waals surface area contributed by atoms with Crippen LogP contribution in [0.5, 0.6) is 69.0 Å². The Morgan fingerprint density at radius 3 is 1.48 bits per heavy atom. The lowest BCUT2D eigenvalue weighted by Gasteiger charge is -2.34. The maximum absolute atomic E-state index is 13.1. The number of ketones is 2. The lowest BCUT2D eigenvalue weighted by molar-refractivity contribution is -0.662. The summed E-state index contributed by atoms with van der Waals surface area (Å²) in [6.07, 6.45) is 0.660. The SMILES string of the molecule is C1CC[NH2+]CC1.CCC(CC)CO[C@H]1C(=O)c2c(O)cc(O)cc2O[C@@H]1c1cc(O)c([O-])c(O)c1.O=C1c2c(O)cc(O)cc2O[C@H](c2cc(O)c([O-])c(O)c2)[C@H]1O. The molecule has 1 fully saturated rings. The van der Waals surface area contributed by atoms with E-state index in [1.54, 1.807) is 0 Å². The van der Waals surface area contributed by atoms with Gasteiger partial charge in [0.2, 0.25) is 11.6 Å². The molecule has 0 unspecified atom stereocenters. The van der Waals surface area contributed by atoms with Crippen molar-refractivity contribution in [3.63, 3.8) is 0 Å². The molecule has 17 nitrogen and oxygen atoms in total. The van der Waals surface area contributed by atoms with Crippen LogP contribution in [-0.4, -0.2) is 89.4 Å². The highest BCUT2D eigenvalue weighted by Gasteiger charge is 2.42. The Labute approximate surface area is 332 Å². The van der Waals surface area contributed by atoms with Crippen LogP contribution in [0.1, 0.15) is 90.0 Å². The van der Waals surface area contributed by atoms with E-state index in [2.05, 4.69) is 5.32 Å². The van der Waals surface area contributed by atoms with Gasteiger partial charge in [-0.05, 0) is 60.9 Å². The van der Waals surface area contributed by atoms with Crippen molar-refractivity contribution >= 4 is 11.6 Å². The molecular weight excluding hydrogens is 762 g/mol. The lowest BCUT2D eigenvalue weighted by Crippen LogP contribution is -2.85. The number of phenols is 8. The summed E-state index contributed by atoms with van der Waals surface area (Å²) >= 11 is 0. The average Bonchev–Trinajstić information content (AvgIpc) is 3.18. The maximum atomic E-state index is 13.1. The van der Waals surface area contributed by atoms with Crippen molar-refractivity contribution in [1.82, 2.24) is 0 Å². The summed E-state index contributed by atoms with van der Waals surface area (Å²) in [5.74, 6) is -8.00. The molecule has 4 aromatic carbocycles. The van der Waals surface area contributed by atoms with Gasteiger partial charge in [0.1, 0.15) is 68.6 Å². The van der Waals surface area contributed by atoms with Crippen molar-refractivity contribution in [2.45, 2.75) is 70.4 Å². The second-order valence-electron chi connectivity index (χ2n) is 14.1. The number of aliphatic hydroxyl groups excluding tert-OH is 1. The van der Waals surface area contributed by atoms with Gasteiger partial charge >= 0.3 is 0 Å². The maximum Gasteiger partial charge on any atom is 0.203 e. The van der Waals surface area contributed by atoms with Gasteiger partial charge in [0, 0.05) is 35.4 Å². The van der Waals surface area contributed by atoms with Gasteiger partial charge in [-0.25, -0.2) is 0 Å². The molecule has 312 valence electrons. The third kappa shape index (κ3) is 9.28. The highest BCUT2D eigenvalue weighted by atomic mass is 16.6. The molecule has 58 heavy (non-hydrogen) atoms. The molecule has 0 aromatic heterocycles. The molecular formula is C41H46NO16-. The zero-order valence-electron chi connectivity index (χ0n) is 31.6. The number of nitrogens with two attached hydrogens (primary N) is 1. The Kier molecular flexibility index (Phi) is 13.5. The predicted molar refractivity (Wildman–Crippen MR) is 199 cm³/mol. The fourth-order valence-electron chi connectivity index (χ4n) is 6.71. The van der Waals surface area contributed by atoms with Crippen LogP contribution in [0.3, 0.4) is 0 Å². The summed E-state index contributed by atoms with van der Waals surface area (Å²) < 4.78 is 17.1. The van der Waals surface area contributed by atoms with Gasteiger partial charge in [0.05, 0.1) is 19.7 Å². The van der Waals surface area contributed by atoms with E-state index in [4.69, 9.17) is 14.2 Å². The third-order valence-electron chi connectivity index (χ3n) is 10.0. The number of fused-ring (bicyclic) bond motifs is 2. The number of quaternary nitrogens is 1. The number of aliphatic hydroxyl groups is 1. The van der Waals surface area contributed by atoms with Crippen molar-refractivity contribution in [3.05, 3.63) is 70.8 Å². The number of hydrogen-bond donors (Lipinski definition) is 10. The number of aromatic hydroxyl groups is 8. The molecule has 0 spiro atoms. The number of Topliss-reactive ketones (excluding diaryl/α,β-unsaturated/α-hetero) is 2. The van der Waals surface area contributed by atoms with Crippen LogP contribution < -0.4 is 25.0 Å². The second kappa shape index (κ2) is 18.3. The second-order valence-corrected chi connectivity index (χ2v) is 14.1. The molecule has 0 saturated carbocycles. The summed E-state index contributed by atoms with van der Waals surface area (Å²) in [4.78, 5) is 25.3. The van der Waals surface area contributed by atoms with E-state index in [1.807, 2.05) is 13.8 Å².